The molecule has 0 fully saturated rings. The van der Waals surface area contributed by atoms with Gasteiger partial charge in [0.25, 0.3) is 0 Å². The third kappa shape index (κ3) is 4.03. The number of halogens is 1. The van der Waals surface area contributed by atoms with Crippen LogP contribution in [0.5, 0.6) is 0 Å². The second-order valence-corrected chi connectivity index (χ2v) is 4.35. The molecule has 0 heterocycles. The Hall–Kier alpha value is -0.840. The molecular formula is C12H13IO2. The van der Waals surface area contributed by atoms with Gasteiger partial charge in [0.1, 0.15) is 0 Å². The van der Waals surface area contributed by atoms with Crippen LogP contribution in [0.2, 0.25) is 0 Å². The van der Waals surface area contributed by atoms with Crippen molar-refractivity contribution in [3.8, 4) is 0 Å². The first-order valence-corrected chi connectivity index (χ1v) is 5.82. The summed E-state index contributed by atoms with van der Waals surface area (Å²) in [6, 6.07) is 7.96. The fourth-order valence-corrected chi connectivity index (χ4v) is 1.72. The van der Waals surface area contributed by atoms with Crippen LogP contribution >= 0.6 is 22.6 Å². The van der Waals surface area contributed by atoms with Gasteiger partial charge in [-0.3, -0.25) is 0 Å². The Morgan fingerprint density at radius 1 is 1.53 bits per heavy atom. The largest absolute Gasteiger partial charge is 0.463 e. The third-order valence-corrected chi connectivity index (χ3v) is 2.50. The quantitative estimate of drug-likeness (QED) is 0.486. The first kappa shape index (κ1) is 12.2. The van der Waals surface area contributed by atoms with Crippen LogP contribution in [0.25, 0.3) is 6.08 Å². The number of benzene rings is 1. The molecule has 0 aliphatic carbocycles. The van der Waals surface area contributed by atoms with E-state index in [2.05, 4.69) is 22.6 Å². The van der Waals surface area contributed by atoms with Crippen molar-refractivity contribution in [3.63, 3.8) is 0 Å². The molecule has 0 bridgehead atoms. The predicted molar refractivity (Wildman–Crippen MR) is 69.4 cm³/mol. The van der Waals surface area contributed by atoms with E-state index in [-0.39, 0.29) is 5.97 Å². The van der Waals surface area contributed by atoms with Crippen LogP contribution in [0.4, 0.5) is 0 Å². The fourth-order valence-electron chi connectivity index (χ4n) is 1.15. The van der Waals surface area contributed by atoms with Gasteiger partial charge in [-0.2, -0.15) is 0 Å². The fraction of sp³-hybridized carbons (Fsp3) is 0.250. The summed E-state index contributed by atoms with van der Waals surface area (Å²) in [4.78, 5) is 11.3. The van der Waals surface area contributed by atoms with Crippen molar-refractivity contribution >= 4 is 34.6 Å². The van der Waals surface area contributed by atoms with Crippen molar-refractivity contribution in [2.45, 2.75) is 13.8 Å². The molecule has 0 saturated heterocycles. The zero-order valence-electron chi connectivity index (χ0n) is 8.79. The molecule has 1 rings (SSSR count). The molecule has 0 unspecified atom stereocenters. The summed E-state index contributed by atoms with van der Waals surface area (Å²) in [5, 5.41) is 0. The lowest BCUT2D eigenvalue weighted by Crippen LogP contribution is -2.04. The standard InChI is InChI=1S/C12H13IO2/c1-3-15-12(14)9(2)7-10-5-4-6-11(13)8-10/h4-8H,3H2,1-2H3/b9-7+. The molecule has 0 aliphatic rings. The van der Waals surface area contributed by atoms with Gasteiger partial charge in [0, 0.05) is 9.14 Å². The molecule has 0 amide bonds. The Bertz CT molecular complexity index is 383. The monoisotopic (exact) mass is 316 g/mol. The van der Waals surface area contributed by atoms with Gasteiger partial charge >= 0.3 is 5.97 Å². The molecule has 1 aromatic carbocycles. The van der Waals surface area contributed by atoms with Crippen LogP contribution in [0.3, 0.4) is 0 Å². The van der Waals surface area contributed by atoms with Crippen LogP contribution in [-0.4, -0.2) is 12.6 Å². The second-order valence-electron chi connectivity index (χ2n) is 3.10. The van der Waals surface area contributed by atoms with Gasteiger partial charge in [0.05, 0.1) is 6.61 Å². The Morgan fingerprint density at radius 2 is 2.27 bits per heavy atom. The van der Waals surface area contributed by atoms with Crippen molar-refractivity contribution < 1.29 is 9.53 Å². The number of rotatable bonds is 3. The highest BCUT2D eigenvalue weighted by atomic mass is 127. The number of esters is 1. The van der Waals surface area contributed by atoms with E-state index in [9.17, 15) is 4.79 Å². The smallest absolute Gasteiger partial charge is 0.333 e. The summed E-state index contributed by atoms with van der Waals surface area (Å²) < 4.78 is 6.05. The molecule has 0 spiro atoms. The third-order valence-electron chi connectivity index (χ3n) is 1.83. The predicted octanol–water partition coefficient (Wildman–Crippen LogP) is 3.26. The average molecular weight is 316 g/mol. The normalized spacial score (nSPS) is 11.3. The minimum absolute atomic E-state index is 0.253. The molecule has 0 saturated carbocycles. The second kappa shape index (κ2) is 5.90. The summed E-state index contributed by atoms with van der Waals surface area (Å²) in [6.45, 7) is 3.98. The highest BCUT2D eigenvalue weighted by Crippen LogP contribution is 2.12. The zero-order valence-corrected chi connectivity index (χ0v) is 10.9. The molecule has 15 heavy (non-hydrogen) atoms. The van der Waals surface area contributed by atoms with Crippen molar-refractivity contribution in [3.05, 3.63) is 39.0 Å². The molecule has 0 radical (unpaired) electrons. The van der Waals surface area contributed by atoms with Gasteiger partial charge in [-0.25, -0.2) is 4.79 Å². The Balaban J connectivity index is 2.82. The summed E-state index contributed by atoms with van der Waals surface area (Å²) >= 11 is 2.24. The van der Waals surface area contributed by atoms with E-state index in [1.807, 2.05) is 30.3 Å². The summed E-state index contributed by atoms with van der Waals surface area (Å²) in [5.74, 6) is -0.253. The average Bonchev–Trinajstić information content (AvgIpc) is 2.18. The lowest BCUT2D eigenvalue weighted by molar-refractivity contribution is -0.138. The minimum atomic E-state index is -0.253. The maximum absolute atomic E-state index is 11.3. The minimum Gasteiger partial charge on any atom is -0.463 e. The Kier molecular flexibility index (Phi) is 4.81. The van der Waals surface area contributed by atoms with Gasteiger partial charge in [-0.15, -0.1) is 0 Å². The van der Waals surface area contributed by atoms with Gasteiger partial charge in [0.2, 0.25) is 0 Å². The molecular weight excluding hydrogens is 303 g/mol. The Morgan fingerprint density at radius 3 is 2.87 bits per heavy atom. The van der Waals surface area contributed by atoms with Gasteiger partial charge in [0.15, 0.2) is 0 Å². The molecule has 80 valence electrons. The maximum atomic E-state index is 11.3. The molecule has 0 aliphatic heterocycles. The molecule has 0 aromatic heterocycles. The van der Waals surface area contributed by atoms with E-state index in [0.717, 1.165) is 9.13 Å². The molecule has 1 aromatic rings. The van der Waals surface area contributed by atoms with Crippen LogP contribution in [0.1, 0.15) is 19.4 Å². The zero-order chi connectivity index (χ0) is 11.3. The van der Waals surface area contributed by atoms with Crippen LogP contribution in [0.15, 0.2) is 29.8 Å². The van der Waals surface area contributed by atoms with E-state index in [0.29, 0.717) is 12.2 Å². The van der Waals surface area contributed by atoms with E-state index >= 15 is 0 Å². The molecule has 0 atom stereocenters. The van der Waals surface area contributed by atoms with Gasteiger partial charge in [-0.1, -0.05) is 12.1 Å². The SMILES string of the molecule is CCOC(=O)/C(C)=C/c1cccc(I)c1. The summed E-state index contributed by atoms with van der Waals surface area (Å²) in [6.07, 6.45) is 1.83. The van der Waals surface area contributed by atoms with E-state index in [1.54, 1.807) is 13.8 Å². The molecule has 2 nitrogen and oxygen atoms in total. The van der Waals surface area contributed by atoms with Crippen molar-refractivity contribution in [2.24, 2.45) is 0 Å². The first-order chi connectivity index (χ1) is 7.13. The van der Waals surface area contributed by atoms with Crippen molar-refractivity contribution in [2.75, 3.05) is 6.61 Å². The van der Waals surface area contributed by atoms with Crippen LogP contribution in [-0.2, 0) is 9.53 Å². The Labute approximate surface area is 103 Å². The van der Waals surface area contributed by atoms with Gasteiger partial charge < -0.3 is 4.74 Å². The number of hydrogen-bond donors (Lipinski definition) is 0. The highest BCUT2D eigenvalue weighted by molar-refractivity contribution is 14.1. The van der Waals surface area contributed by atoms with Crippen molar-refractivity contribution in [1.82, 2.24) is 0 Å². The number of carbonyl (C=O) groups is 1. The number of hydrogen-bond acceptors (Lipinski definition) is 2. The van der Waals surface area contributed by atoms with Crippen LogP contribution < -0.4 is 0 Å². The van der Waals surface area contributed by atoms with Crippen LogP contribution in [0, 0.1) is 3.57 Å². The lowest BCUT2D eigenvalue weighted by atomic mass is 10.1. The topological polar surface area (TPSA) is 26.3 Å². The maximum Gasteiger partial charge on any atom is 0.333 e. The highest BCUT2D eigenvalue weighted by Gasteiger charge is 2.03. The lowest BCUT2D eigenvalue weighted by Gasteiger charge is -2.01. The summed E-state index contributed by atoms with van der Waals surface area (Å²) in [7, 11) is 0. The number of carbonyl (C=O) groups excluding carboxylic acids is 1. The number of ether oxygens (including phenoxy) is 1. The van der Waals surface area contributed by atoms with E-state index in [1.165, 1.54) is 0 Å². The van der Waals surface area contributed by atoms with E-state index < -0.39 is 0 Å². The summed E-state index contributed by atoms with van der Waals surface area (Å²) in [5.41, 5.74) is 1.64. The molecule has 3 heteroatoms. The van der Waals surface area contributed by atoms with E-state index in [4.69, 9.17) is 4.74 Å². The molecule has 0 N–H and O–H groups in total. The first-order valence-electron chi connectivity index (χ1n) is 4.74. The van der Waals surface area contributed by atoms with Gasteiger partial charge in [-0.05, 0) is 60.2 Å². The van der Waals surface area contributed by atoms with Crippen molar-refractivity contribution in [1.29, 1.82) is 0 Å².